The van der Waals surface area contributed by atoms with Crippen LogP contribution < -0.4 is 5.32 Å². The first kappa shape index (κ1) is 19.0. The Hall–Kier alpha value is -2.29. The van der Waals surface area contributed by atoms with Crippen LogP contribution in [0.1, 0.15) is 26.2 Å². The minimum absolute atomic E-state index is 0.0597. The second-order valence-electron chi connectivity index (χ2n) is 5.62. The molecule has 0 aliphatic carbocycles. The topological polar surface area (TPSA) is 61.9 Å². The molecule has 1 aromatic carbocycles. The van der Waals surface area contributed by atoms with Crippen molar-refractivity contribution in [1.29, 1.82) is 0 Å². The summed E-state index contributed by atoms with van der Waals surface area (Å²) in [7, 11) is 0. The Morgan fingerprint density at radius 2 is 1.84 bits per heavy atom. The van der Waals surface area contributed by atoms with E-state index in [0.717, 1.165) is 0 Å². The van der Waals surface area contributed by atoms with E-state index in [1.54, 1.807) is 42.2 Å². The van der Waals surface area contributed by atoms with E-state index in [4.69, 9.17) is 0 Å². The second-order valence-corrected chi connectivity index (χ2v) is 5.62. The Balaban J connectivity index is 2.06. The predicted molar refractivity (Wildman–Crippen MR) is 84.3 cm³/mol. The van der Waals surface area contributed by atoms with Crippen LogP contribution in [0.5, 0.6) is 0 Å². The lowest BCUT2D eigenvalue weighted by molar-refractivity contribution is -0.406. The van der Waals surface area contributed by atoms with Crippen molar-refractivity contribution in [1.82, 2.24) is 9.96 Å². The molecule has 0 atom stereocenters. The molecule has 1 fully saturated rings. The number of likely N-dealkylation sites (tertiary alicyclic amines) is 1. The number of nitrogens with one attached hydrogen (secondary N) is 1. The van der Waals surface area contributed by atoms with Crippen molar-refractivity contribution < 1.29 is 27.6 Å². The number of alkyl halides is 3. The quantitative estimate of drug-likeness (QED) is 0.839. The molecule has 0 spiro atoms. The van der Waals surface area contributed by atoms with Gasteiger partial charge in [-0.05, 0) is 25.0 Å². The Bertz CT molecular complexity index is 587. The number of hydroxylamine groups is 2. The third-order valence-corrected chi connectivity index (χ3v) is 3.88. The summed E-state index contributed by atoms with van der Waals surface area (Å²) in [6, 6.07) is 6.38. The van der Waals surface area contributed by atoms with Gasteiger partial charge in [0.05, 0.1) is 6.04 Å². The number of para-hydroxylation sites is 1. The molecule has 2 rings (SSSR count). The molecule has 0 radical (unpaired) electrons. The average molecular weight is 359 g/mol. The van der Waals surface area contributed by atoms with Gasteiger partial charge >= 0.3 is 12.4 Å². The minimum atomic E-state index is -4.98. The highest BCUT2D eigenvalue weighted by molar-refractivity contribution is 5.88. The van der Waals surface area contributed by atoms with Crippen LogP contribution in [0.2, 0.25) is 0 Å². The Labute approximate surface area is 143 Å². The molecule has 0 unspecified atom stereocenters. The summed E-state index contributed by atoms with van der Waals surface area (Å²) in [6.45, 7) is 2.29. The average Bonchev–Trinajstić information content (AvgIpc) is 2.59. The number of carbonyl (C=O) groups excluding carboxylic acids is 2. The number of carbonyl (C=O) groups is 2. The van der Waals surface area contributed by atoms with Crippen molar-refractivity contribution in [3.63, 3.8) is 0 Å². The van der Waals surface area contributed by atoms with Gasteiger partial charge in [-0.1, -0.05) is 25.1 Å². The van der Waals surface area contributed by atoms with E-state index in [0.29, 0.717) is 17.2 Å². The zero-order valence-electron chi connectivity index (χ0n) is 13.8. The van der Waals surface area contributed by atoms with Crippen LogP contribution in [0.25, 0.3) is 0 Å². The van der Waals surface area contributed by atoms with Crippen LogP contribution in [0.15, 0.2) is 30.3 Å². The molecule has 1 aromatic rings. The van der Waals surface area contributed by atoms with Crippen molar-refractivity contribution in [2.24, 2.45) is 0 Å². The fourth-order valence-corrected chi connectivity index (χ4v) is 2.67. The maximum atomic E-state index is 12.7. The smallest absolute Gasteiger partial charge is 0.343 e. The number of anilines is 1. The van der Waals surface area contributed by atoms with Crippen LogP contribution >= 0.6 is 0 Å². The molecule has 1 aliphatic heterocycles. The van der Waals surface area contributed by atoms with E-state index >= 15 is 0 Å². The number of hydrogen-bond acceptors (Lipinski definition) is 3. The largest absolute Gasteiger partial charge is 0.544 e. The van der Waals surface area contributed by atoms with Gasteiger partial charge in [-0.25, -0.2) is 4.79 Å². The van der Waals surface area contributed by atoms with Gasteiger partial charge in [-0.2, -0.15) is 9.90 Å². The summed E-state index contributed by atoms with van der Waals surface area (Å²) in [6.07, 6.45) is -4.22. The number of hydrogen-bond donors (Lipinski definition) is 1. The maximum absolute atomic E-state index is 12.7. The van der Waals surface area contributed by atoms with Crippen LogP contribution in [-0.4, -0.2) is 47.4 Å². The Kier molecular flexibility index (Phi) is 6.24. The molecule has 1 aliphatic rings. The van der Waals surface area contributed by atoms with Gasteiger partial charge in [0.25, 0.3) is 0 Å². The molecule has 138 valence electrons. The molecular formula is C16H20F3N3O3. The highest BCUT2D eigenvalue weighted by Gasteiger charge is 2.40. The molecule has 25 heavy (non-hydrogen) atoms. The zero-order valence-corrected chi connectivity index (χ0v) is 13.8. The van der Waals surface area contributed by atoms with E-state index in [1.807, 2.05) is 0 Å². The summed E-state index contributed by atoms with van der Waals surface area (Å²) in [5, 5.41) is 2.72. The van der Waals surface area contributed by atoms with Gasteiger partial charge in [0, 0.05) is 25.2 Å². The lowest BCUT2D eigenvalue weighted by Gasteiger charge is -2.37. The minimum Gasteiger partial charge on any atom is -0.343 e. The van der Waals surface area contributed by atoms with Crippen LogP contribution in [-0.2, 0) is 9.63 Å². The SMILES string of the molecule is CCC(=O)N1CCC(N(OC(F)(F)F)C(=O)Nc2ccccc2)CC1. The molecule has 0 bridgehead atoms. The number of benzene rings is 1. The van der Waals surface area contributed by atoms with Gasteiger partial charge in [-0.15, -0.1) is 13.2 Å². The van der Waals surface area contributed by atoms with Gasteiger partial charge < -0.3 is 10.2 Å². The van der Waals surface area contributed by atoms with Gasteiger partial charge in [0.15, 0.2) is 0 Å². The molecule has 3 amide bonds. The first-order chi connectivity index (χ1) is 11.8. The number of rotatable bonds is 4. The van der Waals surface area contributed by atoms with Crippen LogP contribution in [0, 0.1) is 0 Å². The van der Waals surface area contributed by atoms with Gasteiger partial charge in [-0.3, -0.25) is 4.79 Å². The normalized spacial score (nSPS) is 15.8. The molecule has 1 saturated heterocycles. The highest BCUT2D eigenvalue weighted by Crippen LogP contribution is 2.25. The molecule has 1 N–H and O–H groups in total. The van der Waals surface area contributed by atoms with E-state index in [-0.39, 0.29) is 31.8 Å². The summed E-state index contributed by atoms with van der Waals surface area (Å²) >= 11 is 0. The first-order valence-electron chi connectivity index (χ1n) is 7.99. The van der Waals surface area contributed by atoms with Crippen LogP contribution in [0.3, 0.4) is 0 Å². The summed E-state index contributed by atoms with van der Waals surface area (Å²) in [5.74, 6) is -0.0597. The van der Waals surface area contributed by atoms with E-state index in [1.165, 1.54) is 0 Å². The van der Waals surface area contributed by atoms with Crippen molar-refractivity contribution >= 4 is 17.6 Å². The molecule has 1 heterocycles. The van der Waals surface area contributed by atoms with E-state index in [9.17, 15) is 22.8 Å². The first-order valence-corrected chi connectivity index (χ1v) is 7.99. The third-order valence-electron chi connectivity index (χ3n) is 3.88. The predicted octanol–water partition coefficient (Wildman–Crippen LogP) is 3.37. The molecular weight excluding hydrogens is 339 g/mol. The number of halogens is 3. The number of nitrogens with zero attached hydrogens (tertiary/aromatic N) is 2. The molecule has 6 nitrogen and oxygen atoms in total. The summed E-state index contributed by atoms with van der Waals surface area (Å²) < 4.78 is 38.1. The monoisotopic (exact) mass is 359 g/mol. The van der Waals surface area contributed by atoms with Crippen molar-refractivity contribution in [3.8, 4) is 0 Å². The van der Waals surface area contributed by atoms with E-state index < -0.39 is 18.4 Å². The number of piperidine rings is 1. The lowest BCUT2D eigenvalue weighted by Crippen LogP contribution is -2.51. The maximum Gasteiger partial charge on any atom is 0.544 e. The Morgan fingerprint density at radius 3 is 2.36 bits per heavy atom. The second kappa shape index (κ2) is 8.19. The fourth-order valence-electron chi connectivity index (χ4n) is 2.67. The number of urea groups is 1. The fraction of sp³-hybridized carbons (Fsp3) is 0.500. The van der Waals surface area contributed by atoms with E-state index in [2.05, 4.69) is 10.2 Å². The third kappa shape index (κ3) is 5.63. The van der Waals surface area contributed by atoms with Crippen molar-refractivity contribution in [3.05, 3.63) is 30.3 Å². The zero-order chi connectivity index (χ0) is 18.4. The standard InChI is InChI=1S/C16H20F3N3O3/c1-2-14(23)21-10-8-13(9-11-21)22(25-16(17,18)19)15(24)20-12-6-4-3-5-7-12/h3-7,13H,2,8-11H2,1H3,(H,20,24). The molecule has 0 saturated carbocycles. The molecule has 9 heteroatoms. The van der Waals surface area contributed by atoms with Gasteiger partial charge in [0.1, 0.15) is 0 Å². The Morgan fingerprint density at radius 1 is 1.24 bits per heavy atom. The molecule has 0 aromatic heterocycles. The van der Waals surface area contributed by atoms with Gasteiger partial charge in [0.2, 0.25) is 5.91 Å². The summed E-state index contributed by atoms with van der Waals surface area (Å²) in [5.41, 5.74) is 0.363. The number of amides is 3. The highest BCUT2D eigenvalue weighted by atomic mass is 19.4. The van der Waals surface area contributed by atoms with Crippen molar-refractivity contribution in [2.75, 3.05) is 18.4 Å². The van der Waals surface area contributed by atoms with Crippen molar-refractivity contribution in [2.45, 2.75) is 38.6 Å². The lowest BCUT2D eigenvalue weighted by atomic mass is 10.0. The summed E-state index contributed by atoms with van der Waals surface area (Å²) in [4.78, 5) is 29.5. The van der Waals surface area contributed by atoms with Crippen LogP contribution in [0.4, 0.5) is 23.7 Å².